The minimum absolute atomic E-state index is 0.0983. The Hall–Kier alpha value is -2.45. The van der Waals surface area contributed by atoms with Gasteiger partial charge in [0.2, 0.25) is 0 Å². The van der Waals surface area contributed by atoms with Crippen molar-refractivity contribution in [2.24, 2.45) is 0 Å². The molecule has 0 aliphatic carbocycles. The number of halogens is 1. The molecule has 3 rings (SSSR count). The SMILES string of the molecule is Cc1cc(N(C)C)ccc1C(c1ccc(N(C)C)cc1C)c1ccccc1Cl. The second-order valence-electron chi connectivity index (χ2n) is 7.83. The second kappa shape index (κ2) is 8.28. The average molecular weight is 393 g/mol. The summed E-state index contributed by atoms with van der Waals surface area (Å²) in [4.78, 5) is 4.27. The standard InChI is InChI=1S/C25H29ClN2/c1-17-15-19(27(3)4)11-13-21(17)25(23-9-7-8-10-24(23)26)22-14-12-20(28(5)6)16-18(22)2/h7-16,25H,1-6H3. The van der Waals surface area contributed by atoms with Gasteiger partial charge in [0, 0.05) is 50.5 Å². The molecule has 3 aromatic carbocycles. The monoisotopic (exact) mass is 392 g/mol. The summed E-state index contributed by atoms with van der Waals surface area (Å²) in [6.45, 7) is 4.38. The van der Waals surface area contributed by atoms with E-state index in [4.69, 9.17) is 11.6 Å². The maximum atomic E-state index is 6.67. The van der Waals surface area contributed by atoms with Crippen molar-refractivity contribution >= 4 is 23.0 Å². The fourth-order valence-corrected chi connectivity index (χ4v) is 3.98. The number of rotatable bonds is 5. The molecule has 0 atom stereocenters. The van der Waals surface area contributed by atoms with Crippen molar-refractivity contribution in [1.29, 1.82) is 0 Å². The van der Waals surface area contributed by atoms with Crippen LogP contribution in [0.1, 0.15) is 33.7 Å². The molecule has 0 saturated heterocycles. The van der Waals surface area contributed by atoms with E-state index in [-0.39, 0.29) is 5.92 Å². The minimum atomic E-state index is 0.0983. The number of benzene rings is 3. The summed E-state index contributed by atoms with van der Waals surface area (Å²) in [5, 5.41) is 0.805. The van der Waals surface area contributed by atoms with Gasteiger partial charge in [0.05, 0.1) is 0 Å². The molecule has 28 heavy (non-hydrogen) atoms. The van der Waals surface area contributed by atoms with E-state index in [1.807, 2.05) is 12.1 Å². The van der Waals surface area contributed by atoms with Gasteiger partial charge in [-0.3, -0.25) is 0 Å². The lowest BCUT2D eigenvalue weighted by atomic mass is 9.81. The largest absolute Gasteiger partial charge is 0.378 e. The van der Waals surface area contributed by atoms with Gasteiger partial charge < -0.3 is 9.80 Å². The van der Waals surface area contributed by atoms with Crippen molar-refractivity contribution in [1.82, 2.24) is 0 Å². The molecule has 0 amide bonds. The van der Waals surface area contributed by atoms with Crippen molar-refractivity contribution in [3.05, 3.63) is 93.5 Å². The van der Waals surface area contributed by atoms with E-state index in [1.165, 1.54) is 33.6 Å². The van der Waals surface area contributed by atoms with Gasteiger partial charge in [-0.2, -0.15) is 0 Å². The summed E-state index contributed by atoms with van der Waals surface area (Å²) in [5.41, 5.74) is 8.68. The lowest BCUT2D eigenvalue weighted by molar-refractivity contribution is 0.945. The van der Waals surface area contributed by atoms with Crippen molar-refractivity contribution in [2.45, 2.75) is 19.8 Å². The molecule has 0 fully saturated rings. The van der Waals surface area contributed by atoms with E-state index >= 15 is 0 Å². The van der Waals surface area contributed by atoms with Crippen molar-refractivity contribution < 1.29 is 0 Å². The van der Waals surface area contributed by atoms with Crippen LogP contribution in [-0.2, 0) is 0 Å². The molecule has 0 spiro atoms. The predicted molar refractivity (Wildman–Crippen MR) is 123 cm³/mol. The van der Waals surface area contributed by atoms with E-state index in [2.05, 4.69) is 100 Å². The molecule has 146 valence electrons. The number of anilines is 2. The summed E-state index contributed by atoms with van der Waals surface area (Å²) < 4.78 is 0. The maximum absolute atomic E-state index is 6.67. The fraction of sp³-hybridized carbons (Fsp3) is 0.280. The highest BCUT2D eigenvalue weighted by atomic mass is 35.5. The van der Waals surface area contributed by atoms with Gasteiger partial charge in [0.25, 0.3) is 0 Å². The third kappa shape index (κ3) is 4.02. The van der Waals surface area contributed by atoms with Crippen LogP contribution < -0.4 is 9.80 Å². The highest BCUT2D eigenvalue weighted by molar-refractivity contribution is 6.31. The van der Waals surface area contributed by atoms with Gasteiger partial charge in [-0.15, -0.1) is 0 Å². The Labute approximate surface area is 174 Å². The highest BCUT2D eigenvalue weighted by Crippen LogP contribution is 2.40. The second-order valence-corrected chi connectivity index (χ2v) is 8.23. The topological polar surface area (TPSA) is 6.48 Å². The first-order valence-electron chi connectivity index (χ1n) is 9.59. The Morgan fingerprint density at radius 1 is 0.643 bits per heavy atom. The minimum Gasteiger partial charge on any atom is -0.378 e. The Kier molecular flexibility index (Phi) is 6.00. The van der Waals surface area contributed by atoms with E-state index in [0.29, 0.717) is 0 Å². The molecule has 0 bridgehead atoms. The van der Waals surface area contributed by atoms with E-state index in [1.54, 1.807) is 0 Å². The summed E-state index contributed by atoms with van der Waals surface area (Å²) in [6.07, 6.45) is 0. The Balaban J connectivity index is 2.22. The van der Waals surface area contributed by atoms with Gasteiger partial charge in [0.15, 0.2) is 0 Å². The summed E-state index contributed by atoms with van der Waals surface area (Å²) in [7, 11) is 8.29. The van der Waals surface area contributed by atoms with Crippen LogP contribution in [0.3, 0.4) is 0 Å². The zero-order valence-electron chi connectivity index (χ0n) is 17.6. The van der Waals surface area contributed by atoms with Crippen LogP contribution in [0.15, 0.2) is 60.7 Å². The van der Waals surface area contributed by atoms with Crippen molar-refractivity contribution in [3.63, 3.8) is 0 Å². The molecule has 0 saturated carbocycles. The zero-order chi connectivity index (χ0) is 20.4. The fourth-order valence-electron chi connectivity index (χ4n) is 3.74. The molecule has 0 radical (unpaired) electrons. The lowest BCUT2D eigenvalue weighted by Gasteiger charge is -2.26. The summed E-state index contributed by atoms with van der Waals surface area (Å²) in [5.74, 6) is 0.0983. The Morgan fingerprint density at radius 3 is 1.50 bits per heavy atom. The molecule has 0 aliphatic rings. The highest BCUT2D eigenvalue weighted by Gasteiger charge is 2.23. The molecule has 0 aliphatic heterocycles. The molecule has 0 heterocycles. The molecular formula is C25H29ClN2. The van der Waals surface area contributed by atoms with Gasteiger partial charge in [-0.25, -0.2) is 0 Å². The first kappa shape index (κ1) is 20.3. The smallest absolute Gasteiger partial charge is 0.0447 e. The van der Waals surface area contributed by atoms with Crippen molar-refractivity contribution in [2.75, 3.05) is 38.0 Å². The van der Waals surface area contributed by atoms with E-state index in [0.717, 1.165) is 10.6 Å². The zero-order valence-corrected chi connectivity index (χ0v) is 18.4. The number of aryl methyl sites for hydroxylation is 2. The van der Waals surface area contributed by atoms with Crippen LogP contribution >= 0.6 is 11.6 Å². The first-order valence-corrected chi connectivity index (χ1v) is 9.97. The normalized spacial score (nSPS) is 11.0. The maximum Gasteiger partial charge on any atom is 0.0447 e. The first-order chi connectivity index (χ1) is 13.3. The molecular weight excluding hydrogens is 364 g/mol. The lowest BCUT2D eigenvalue weighted by Crippen LogP contribution is -2.13. The predicted octanol–water partition coefficient (Wildman–Crippen LogP) is 6.27. The Morgan fingerprint density at radius 2 is 1.11 bits per heavy atom. The quantitative estimate of drug-likeness (QED) is 0.472. The number of nitrogens with zero attached hydrogens (tertiary/aromatic N) is 2. The van der Waals surface area contributed by atoms with Gasteiger partial charge in [-0.1, -0.05) is 41.9 Å². The van der Waals surface area contributed by atoms with Crippen LogP contribution in [-0.4, -0.2) is 28.2 Å². The molecule has 3 heteroatoms. The third-order valence-corrected chi connectivity index (χ3v) is 5.72. The van der Waals surface area contributed by atoms with Crippen LogP contribution in [0.5, 0.6) is 0 Å². The molecule has 3 aromatic rings. The summed E-state index contributed by atoms with van der Waals surface area (Å²) >= 11 is 6.67. The third-order valence-electron chi connectivity index (χ3n) is 5.38. The van der Waals surface area contributed by atoms with Crippen molar-refractivity contribution in [3.8, 4) is 0 Å². The van der Waals surface area contributed by atoms with Gasteiger partial charge in [0.1, 0.15) is 0 Å². The number of hydrogen-bond acceptors (Lipinski definition) is 2. The molecule has 0 unspecified atom stereocenters. The Bertz CT molecular complexity index is 919. The van der Waals surface area contributed by atoms with Crippen LogP contribution in [0.4, 0.5) is 11.4 Å². The van der Waals surface area contributed by atoms with Crippen LogP contribution in [0, 0.1) is 13.8 Å². The van der Waals surface area contributed by atoms with E-state index < -0.39 is 0 Å². The molecule has 0 aromatic heterocycles. The van der Waals surface area contributed by atoms with E-state index in [9.17, 15) is 0 Å². The molecule has 2 nitrogen and oxygen atoms in total. The summed E-state index contributed by atoms with van der Waals surface area (Å²) in [6, 6.07) is 21.6. The van der Waals surface area contributed by atoms with Crippen LogP contribution in [0.2, 0.25) is 5.02 Å². The number of hydrogen-bond donors (Lipinski definition) is 0. The van der Waals surface area contributed by atoms with Gasteiger partial charge >= 0.3 is 0 Å². The average Bonchev–Trinajstić information content (AvgIpc) is 2.65. The van der Waals surface area contributed by atoms with Gasteiger partial charge in [-0.05, 0) is 72.0 Å². The van der Waals surface area contributed by atoms with Crippen LogP contribution in [0.25, 0.3) is 0 Å². The molecule has 0 N–H and O–H groups in total.